The summed E-state index contributed by atoms with van der Waals surface area (Å²) in [6.07, 6.45) is 5.26. The first-order chi connectivity index (χ1) is 15.6. The van der Waals surface area contributed by atoms with Gasteiger partial charge in [0, 0.05) is 29.7 Å². The molecule has 1 aromatic carbocycles. The molecule has 33 heavy (non-hydrogen) atoms. The van der Waals surface area contributed by atoms with Gasteiger partial charge in [0.15, 0.2) is 10.8 Å². The number of carbonyl (C=O) groups is 2. The summed E-state index contributed by atoms with van der Waals surface area (Å²) < 4.78 is 2.72. The second-order valence-electron chi connectivity index (χ2n) is 9.05. The van der Waals surface area contributed by atoms with Crippen LogP contribution in [-0.2, 0) is 5.54 Å². The molecule has 8 heteroatoms. The molecule has 1 unspecified atom stereocenters. The molecule has 0 spiro atoms. The van der Waals surface area contributed by atoms with Gasteiger partial charge in [-0.15, -0.1) is 0 Å². The molecule has 0 radical (unpaired) electrons. The number of aromatic nitrogens is 3. The van der Waals surface area contributed by atoms with E-state index in [4.69, 9.17) is 0 Å². The second kappa shape index (κ2) is 8.78. The third-order valence-electron chi connectivity index (χ3n) is 5.40. The van der Waals surface area contributed by atoms with Crippen LogP contribution in [0.2, 0.25) is 0 Å². The molecule has 2 amide bonds. The molecule has 0 bridgehead atoms. The van der Waals surface area contributed by atoms with Gasteiger partial charge in [0.25, 0.3) is 11.8 Å². The molecular formula is C25H27N5O2S. The first-order valence-corrected chi connectivity index (χ1v) is 11.6. The molecular weight excluding hydrogens is 434 g/mol. The average Bonchev–Trinajstić information content (AvgIpc) is 3.32. The number of hydrogen-bond donors (Lipinski definition) is 2. The Kier molecular flexibility index (Phi) is 6.03. The Bertz CT molecular complexity index is 1300. The van der Waals surface area contributed by atoms with E-state index in [2.05, 4.69) is 41.4 Å². The summed E-state index contributed by atoms with van der Waals surface area (Å²) in [7, 11) is 0. The molecule has 4 aromatic rings. The Morgan fingerprint density at radius 3 is 2.33 bits per heavy atom. The van der Waals surface area contributed by atoms with E-state index < -0.39 is 0 Å². The van der Waals surface area contributed by atoms with Crippen LogP contribution in [0.3, 0.4) is 0 Å². The van der Waals surface area contributed by atoms with Crippen molar-refractivity contribution >= 4 is 38.6 Å². The van der Waals surface area contributed by atoms with Crippen molar-refractivity contribution in [3.8, 4) is 0 Å². The second-order valence-corrected chi connectivity index (χ2v) is 10.1. The number of carbonyl (C=O) groups excluding carboxylic acids is 2. The fourth-order valence-electron chi connectivity index (χ4n) is 3.51. The van der Waals surface area contributed by atoms with Crippen LogP contribution >= 0.6 is 11.3 Å². The number of nitrogens with one attached hydrogen (secondary N) is 2. The highest BCUT2D eigenvalue weighted by atomic mass is 32.1. The maximum absolute atomic E-state index is 13.2. The van der Waals surface area contributed by atoms with Crippen LogP contribution in [0.5, 0.6) is 0 Å². The van der Waals surface area contributed by atoms with E-state index in [0.717, 1.165) is 15.8 Å². The highest BCUT2D eigenvalue weighted by Gasteiger charge is 2.26. The van der Waals surface area contributed by atoms with E-state index in [0.29, 0.717) is 21.9 Å². The van der Waals surface area contributed by atoms with Crippen LogP contribution in [0, 0.1) is 6.92 Å². The van der Waals surface area contributed by atoms with Gasteiger partial charge in [-0.3, -0.25) is 19.9 Å². The smallest absolute Gasteiger partial charge is 0.257 e. The van der Waals surface area contributed by atoms with E-state index in [-0.39, 0.29) is 23.4 Å². The monoisotopic (exact) mass is 461 g/mol. The fourth-order valence-corrected chi connectivity index (χ4v) is 4.47. The van der Waals surface area contributed by atoms with Crippen molar-refractivity contribution in [3.63, 3.8) is 0 Å². The number of amides is 2. The topological polar surface area (TPSA) is 88.9 Å². The van der Waals surface area contributed by atoms with E-state index >= 15 is 0 Å². The van der Waals surface area contributed by atoms with Crippen LogP contribution < -0.4 is 10.6 Å². The molecule has 3 aromatic heterocycles. The molecule has 0 aliphatic heterocycles. The Morgan fingerprint density at radius 2 is 1.70 bits per heavy atom. The minimum absolute atomic E-state index is 0.179. The number of nitrogens with zero attached hydrogens (tertiary/aromatic N) is 3. The lowest BCUT2D eigenvalue weighted by Gasteiger charge is -2.21. The van der Waals surface area contributed by atoms with Crippen molar-refractivity contribution in [2.45, 2.75) is 46.2 Å². The minimum Gasteiger partial charge on any atom is -0.345 e. The maximum Gasteiger partial charge on any atom is 0.257 e. The van der Waals surface area contributed by atoms with Crippen molar-refractivity contribution in [1.82, 2.24) is 19.9 Å². The Hall–Kier alpha value is -3.52. The van der Waals surface area contributed by atoms with Gasteiger partial charge in [-0.05, 0) is 64.4 Å². The number of fused-ring (bicyclic) bond motifs is 1. The van der Waals surface area contributed by atoms with Crippen LogP contribution in [0.1, 0.15) is 65.6 Å². The number of aryl methyl sites for hydroxylation is 1. The lowest BCUT2D eigenvalue weighted by atomic mass is 10.1. The summed E-state index contributed by atoms with van der Waals surface area (Å²) in [4.78, 5) is 34.6. The summed E-state index contributed by atoms with van der Waals surface area (Å²) in [5.74, 6) is -0.418. The predicted octanol–water partition coefficient (Wildman–Crippen LogP) is 5.30. The van der Waals surface area contributed by atoms with Crippen LogP contribution in [0.4, 0.5) is 5.13 Å². The van der Waals surface area contributed by atoms with E-state index in [9.17, 15) is 9.59 Å². The normalized spacial score (nSPS) is 12.5. The lowest BCUT2D eigenvalue weighted by molar-refractivity contribution is 0.0940. The van der Waals surface area contributed by atoms with Gasteiger partial charge >= 0.3 is 0 Å². The maximum atomic E-state index is 13.2. The standard InChI is InChI=1S/C25H27N5O2S/c1-15-6-8-18(9-7-15)22(31)29-24-28-21-20(33-24)19(14-30(21)25(3,4)5)23(32)27-16(2)17-10-12-26-13-11-17/h6-14,16H,1-5H3,(H,27,32)(H,28,29,31). The molecule has 0 aliphatic rings. The molecule has 7 nitrogen and oxygen atoms in total. The fraction of sp³-hybridized carbons (Fsp3) is 0.280. The Labute approximate surface area is 196 Å². The number of benzene rings is 1. The average molecular weight is 462 g/mol. The predicted molar refractivity (Wildman–Crippen MR) is 132 cm³/mol. The number of anilines is 1. The SMILES string of the molecule is Cc1ccc(C(=O)Nc2nc3c(s2)c(C(=O)NC(C)c2ccncc2)cn3C(C)(C)C)cc1. The molecule has 2 N–H and O–H groups in total. The van der Waals surface area contributed by atoms with E-state index in [1.165, 1.54) is 11.3 Å². The van der Waals surface area contributed by atoms with E-state index in [1.54, 1.807) is 24.5 Å². The van der Waals surface area contributed by atoms with Gasteiger partial charge < -0.3 is 9.88 Å². The summed E-state index contributed by atoms with van der Waals surface area (Å²) in [5.41, 5.74) is 3.54. The third-order valence-corrected chi connectivity index (χ3v) is 6.39. The van der Waals surface area contributed by atoms with E-state index in [1.807, 2.05) is 48.9 Å². The lowest BCUT2D eigenvalue weighted by Crippen LogP contribution is -2.27. The molecule has 170 valence electrons. The van der Waals surface area contributed by atoms with Gasteiger partial charge in [0.2, 0.25) is 0 Å². The highest BCUT2D eigenvalue weighted by molar-refractivity contribution is 7.22. The Balaban J connectivity index is 1.65. The summed E-state index contributed by atoms with van der Waals surface area (Å²) >= 11 is 1.30. The number of pyridine rings is 1. The van der Waals surface area contributed by atoms with Gasteiger partial charge in [0.05, 0.1) is 16.3 Å². The largest absolute Gasteiger partial charge is 0.345 e. The van der Waals surface area contributed by atoms with Gasteiger partial charge in [-0.25, -0.2) is 4.98 Å². The first-order valence-electron chi connectivity index (χ1n) is 10.7. The van der Waals surface area contributed by atoms with Crippen LogP contribution in [0.15, 0.2) is 55.0 Å². The molecule has 0 saturated heterocycles. The quantitative estimate of drug-likeness (QED) is 0.422. The minimum atomic E-state index is -0.292. The van der Waals surface area contributed by atoms with Gasteiger partial charge in [-0.2, -0.15) is 0 Å². The van der Waals surface area contributed by atoms with Gasteiger partial charge in [0.1, 0.15) is 0 Å². The molecule has 0 aliphatic carbocycles. The number of thiazole rings is 1. The zero-order chi connectivity index (χ0) is 23.8. The first kappa shape index (κ1) is 22.7. The van der Waals surface area contributed by atoms with Crippen LogP contribution in [0.25, 0.3) is 10.3 Å². The van der Waals surface area contributed by atoms with Crippen LogP contribution in [-0.4, -0.2) is 26.3 Å². The highest BCUT2D eigenvalue weighted by Crippen LogP contribution is 2.34. The third kappa shape index (κ3) is 4.80. The summed E-state index contributed by atoms with van der Waals surface area (Å²) in [5, 5.41) is 6.40. The van der Waals surface area contributed by atoms with Crippen molar-refractivity contribution in [2.24, 2.45) is 0 Å². The zero-order valence-electron chi connectivity index (χ0n) is 19.3. The Morgan fingerprint density at radius 1 is 1.03 bits per heavy atom. The van der Waals surface area contributed by atoms with Crippen molar-refractivity contribution in [3.05, 3.63) is 77.2 Å². The van der Waals surface area contributed by atoms with Crippen molar-refractivity contribution < 1.29 is 9.59 Å². The molecule has 3 heterocycles. The summed E-state index contributed by atoms with van der Waals surface area (Å²) in [6, 6.07) is 10.9. The number of rotatable bonds is 5. The molecule has 0 fully saturated rings. The molecule has 0 saturated carbocycles. The molecule has 1 atom stereocenters. The molecule has 4 rings (SSSR count). The summed E-state index contributed by atoms with van der Waals surface area (Å²) in [6.45, 7) is 10.1. The van der Waals surface area contributed by atoms with Gasteiger partial charge in [-0.1, -0.05) is 29.0 Å². The van der Waals surface area contributed by atoms with Crippen molar-refractivity contribution in [2.75, 3.05) is 5.32 Å². The van der Waals surface area contributed by atoms with Crippen molar-refractivity contribution in [1.29, 1.82) is 0 Å². The number of hydrogen-bond acceptors (Lipinski definition) is 5. The zero-order valence-corrected chi connectivity index (χ0v) is 20.2.